The predicted molar refractivity (Wildman–Crippen MR) is 293 cm³/mol. The summed E-state index contributed by atoms with van der Waals surface area (Å²) >= 11 is 0. The fourth-order valence-corrected chi connectivity index (χ4v) is 8.11. The van der Waals surface area contributed by atoms with Crippen molar-refractivity contribution in [2.45, 2.75) is 290 Å². The number of allylic oxidation sites excluding steroid dienone is 12. The number of carbonyl (C=O) groups excluding carboxylic acids is 3. The normalized spacial score (nSPS) is 12.6. The summed E-state index contributed by atoms with van der Waals surface area (Å²) in [5.41, 5.74) is 0. The van der Waals surface area contributed by atoms with Crippen molar-refractivity contribution in [1.82, 2.24) is 0 Å². The molecule has 0 heterocycles. The van der Waals surface area contributed by atoms with Crippen molar-refractivity contribution in [1.29, 1.82) is 0 Å². The zero-order chi connectivity index (χ0) is 49.3. The smallest absolute Gasteiger partial charge is 0.306 e. The van der Waals surface area contributed by atoms with Gasteiger partial charge in [0.15, 0.2) is 6.10 Å². The summed E-state index contributed by atoms with van der Waals surface area (Å²) in [6.45, 7) is 6.51. The summed E-state index contributed by atoms with van der Waals surface area (Å²) < 4.78 is 16.8. The van der Waals surface area contributed by atoms with E-state index in [2.05, 4.69) is 93.7 Å². The van der Waals surface area contributed by atoms with Gasteiger partial charge in [0, 0.05) is 19.3 Å². The second kappa shape index (κ2) is 56.4. The van der Waals surface area contributed by atoms with Crippen molar-refractivity contribution in [2.75, 3.05) is 13.2 Å². The van der Waals surface area contributed by atoms with Crippen LogP contribution in [0.4, 0.5) is 0 Å². The van der Waals surface area contributed by atoms with E-state index in [9.17, 15) is 14.4 Å². The second-order valence-corrected chi connectivity index (χ2v) is 19.2. The van der Waals surface area contributed by atoms with Crippen molar-refractivity contribution in [2.24, 2.45) is 0 Å². The molecule has 0 aliphatic rings. The van der Waals surface area contributed by atoms with E-state index in [1.54, 1.807) is 0 Å². The molecule has 0 saturated carbocycles. The van der Waals surface area contributed by atoms with Gasteiger partial charge in [-0.3, -0.25) is 14.4 Å². The Bertz CT molecular complexity index is 1270. The Labute approximate surface area is 421 Å². The Morgan fingerprint density at radius 1 is 0.309 bits per heavy atom. The van der Waals surface area contributed by atoms with Gasteiger partial charge in [-0.1, -0.05) is 248 Å². The summed E-state index contributed by atoms with van der Waals surface area (Å²) in [5.74, 6) is -0.915. The van der Waals surface area contributed by atoms with Crippen LogP contribution in [0, 0.1) is 0 Å². The van der Waals surface area contributed by atoms with E-state index < -0.39 is 6.10 Å². The molecular weight excluding hydrogens is 841 g/mol. The minimum absolute atomic E-state index is 0.0856. The molecule has 68 heavy (non-hydrogen) atoms. The van der Waals surface area contributed by atoms with Crippen LogP contribution in [-0.4, -0.2) is 37.2 Å². The van der Waals surface area contributed by atoms with Crippen LogP contribution in [0.25, 0.3) is 0 Å². The molecule has 0 amide bonds. The average molecular weight is 950 g/mol. The van der Waals surface area contributed by atoms with Gasteiger partial charge in [-0.05, 0) is 89.9 Å². The van der Waals surface area contributed by atoms with Crippen molar-refractivity contribution < 1.29 is 28.6 Å². The highest BCUT2D eigenvalue weighted by Gasteiger charge is 2.19. The Morgan fingerprint density at radius 2 is 0.574 bits per heavy atom. The van der Waals surface area contributed by atoms with Crippen LogP contribution in [0.3, 0.4) is 0 Å². The molecule has 0 rings (SSSR count). The summed E-state index contributed by atoms with van der Waals surface area (Å²) in [6.07, 6.45) is 71.8. The lowest BCUT2D eigenvalue weighted by Gasteiger charge is -2.18. The van der Waals surface area contributed by atoms with Crippen LogP contribution in [0.5, 0.6) is 0 Å². The summed E-state index contributed by atoms with van der Waals surface area (Å²) in [5, 5.41) is 0. The van der Waals surface area contributed by atoms with Crippen LogP contribution in [0.1, 0.15) is 284 Å². The molecule has 6 heteroatoms. The molecule has 0 N–H and O–H groups in total. The van der Waals surface area contributed by atoms with Crippen LogP contribution < -0.4 is 0 Å². The van der Waals surface area contributed by atoms with E-state index in [1.165, 1.54) is 148 Å². The molecule has 0 aliphatic heterocycles. The fraction of sp³-hybridized carbons (Fsp3) is 0.758. The van der Waals surface area contributed by atoms with Crippen molar-refractivity contribution >= 4 is 17.9 Å². The van der Waals surface area contributed by atoms with E-state index in [0.717, 1.165) is 96.3 Å². The first-order chi connectivity index (χ1) is 33.5. The molecule has 0 fully saturated rings. The molecule has 1 atom stereocenters. The number of ether oxygens (including phenoxy) is 3. The molecule has 392 valence electrons. The molecule has 0 saturated heterocycles. The minimum Gasteiger partial charge on any atom is -0.462 e. The summed E-state index contributed by atoms with van der Waals surface area (Å²) in [4.78, 5) is 38.1. The maximum atomic E-state index is 12.9. The van der Waals surface area contributed by atoms with Gasteiger partial charge < -0.3 is 14.2 Å². The second-order valence-electron chi connectivity index (χ2n) is 19.2. The zero-order valence-electron chi connectivity index (χ0n) is 44.9. The highest BCUT2D eigenvalue weighted by Crippen LogP contribution is 2.15. The maximum absolute atomic E-state index is 12.9. The first-order valence-electron chi connectivity index (χ1n) is 28.9. The summed E-state index contributed by atoms with van der Waals surface area (Å²) in [7, 11) is 0. The van der Waals surface area contributed by atoms with Crippen LogP contribution in [-0.2, 0) is 28.6 Å². The van der Waals surface area contributed by atoms with Crippen LogP contribution >= 0.6 is 0 Å². The molecule has 0 aromatic rings. The topological polar surface area (TPSA) is 78.9 Å². The van der Waals surface area contributed by atoms with E-state index in [-0.39, 0.29) is 31.1 Å². The third-order valence-electron chi connectivity index (χ3n) is 12.4. The maximum Gasteiger partial charge on any atom is 0.306 e. The third kappa shape index (κ3) is 53.8. The lowest BCUT2D eigenvalue weighted by Crippen LogP contribution is -2.30. The van der Waals surface area contributed by atoms with E-state index in [0.29, 0.717) is 19.3 Å². The first-order valence-corrected chi connectivity index (χ1v) is 28.9. The quantitative estimate of drug-likeness (QED) is 0.0262. The number of esters is 3. The zero-order valence-corrected chi connectivity index (χ0v) is 44.9. The molecule has 0 radical (unpaired) electrons. The Hall–Kier alpha value is -3.15. The van der Waals surface area contributed by atoms with Gasteiger partial charge in [0.25, 0.3) is 0 Å². The molecule has 0 aromatic heterocycles. The van der Waals surface area contributed by atoms with Crippen molar-refractivity contribution in [3.63, 3.8) is 0 Å². The van der Waals surface area contributed by atoms with Crippen molar-refractivity contribution in [3.05, 3.63) is 72.9 Å². The third-order valence-corrected chi connectivity index (χ3v) is 12.4. The Kier molecular flexibility index (Phi) is 53.8. The van der Waals surface area contributed by atoms with Gasteiger partial charge in [-0.25, -0.2) is 0 Å². The molecule has 0 unspecified atom stereocenters. The number of hydrogen-bond acceptors (Lipinski definition) is 6. The highest BCUT2D eigenvalue weighted by molar-refractivity contribution is 5.71. The molecule has 0 bridgehead atoms. The van der Waals surface area contributed by atoms with E-state index in [1.807, 2.05) is 0 Å². The Morgan fingerprint density at radius 3 is 0.926 bits per heavy atom. The molecular formula is C62H108O6. The monoisotopic (exact) mass is 949 g/mol. The summed E-state index contributed by atoms with van der Waals surface area (Å²) in [6, 6.07) is 0. The minimum atomic E-state index is -0.790. The number of hydrogen-bond donors (Lipinski definition) is 0. The van der Waals surface area contributed by atoms with Gasteiger partial charge in [0.2, 0.25) is 0 Å². The molecule has 6 nitrogen and oxygen atoms in total. The largest absolute Gasteiger partial charge is 0.462 e. The standard InChI is InChI=1S/C62H108O6/c1-4-7-10-13-16-19-22-25-27-29-31-33-35-37-40-43-46-49-52-55-61(64)67-58-59(57-66-60(63)54-51-48-45-42-39-24-21-18-15-12-9-6-3)68-62(65)56-53-50-47-44-41-38-36-34-32-30-28-26-23-20-17-14-11-8-5-2/h7,10,16,19,25,27,30-33,37,40,59H,4-6,8-9,11-15,17-18,20-24,26,28-29,34-36,38-39,41-58H2,1-3H3/b10-7-,19-16-,27-25-,32-30-,33-31-,40-37-/t59-/m1/s1. The van der Waals surface area contributed by atoms with Gasteiger partial charge in [-0.2, -0.15) is 0 Å². The fourth-order valence-electron chi connectivity index (χ4n) is 8.11. The molecule has 0 spiro atoms. The SMILES string of the molecule is CC/C=C\C/C=C\C/C=C\C/C=C\C/C=C\CCCCCC(=O)OC[C@@H](COC(=O)CCCCCCCCCCCCCC)OC(=O)CCCCCCCCC/C=C\CCCCCCCCCC. The van der Waals surface area contributed by atoms with Gasteiger partial charge in [-0.15, -0.1) is 0 Å². The van der Waals surface area contributed by atoms with Gasteiger partial charge in [0.05, 0.1) is 0 Å². The lowest BCUT2D eigenvalue weighted by molar-refractivity contribution is -0.167. The van der Waals surface area contributed by atoms with Crippen LogP contribution in [0.15, 0.2) is 72.9 Å². The number of unbranched alkanes of at least 4 members (excludes halogenated alkanes) is 29. The average Bonchev–Trinajstić information content (AvgIpc) is 3.34. The number of rotatable bonds is 52. The predicted octanol–water partition coefficient (Wildman–Crippen LogP) is 19.4. The van der Waals surface area contributed by atoms with Crippen molar-refractivity contribution in [3.8, 4) is 0 Å². The lowest BCUT2D eigenvalue weighted by atomic mass is 10.0. The van der Waals surface area contributed by atoms with Crippen LogP contribution in [0.2, 0.25) is 0 Å². The molecule has 0 aromatic carbocycles. The first kappa shape index (κ1) is 64.8. The van der Waals surface area contributed by atoms with E-state index in [4.69, 9.17) is 14.2 Å². The van der Waals surface area contributed by atoms with Gasteiger partial charge in [0.1, 0.15) is 13.2 Å². The highest BCUT2D eigenvalue weighted by atomic mass is 16.6. The van der Waals surface area contributed by atoms with Gasteiger partial charge >= 0.3 is 17.9 Å². The number of carbonyl (C=O) groups is 3. The Balaban J connectivity index is 4.41. The molecule has 0 aliphatic carbocycles. The van der Waals surface area contributed by atoms with E-state index >= 15 is 0 Å².